The maximum Gasteiger partial charge on any atom is 0.343 e. The number of carboxylic acids is 1. The molecule has 1 aliphatic rings. The lowest BCUT2D eigenvalue weighted by molar-refractivity contribution is -0.385. The van der Waals surface area contributed by atoms with E-state index in [9.17, 15) is 32.5 Å². The van der Waals surface area contributed by atoms with Gasteiger partial charge in [0.15, 0.2) is 9.84 Å². The van der Waals surface area contributed by atoms with Crippen LogP contribution in [0.5, 0.6) is 0 Å². The Morgan fingerprint density at radius 2 is 2.00 bits per heavy atom. The molecule has 1 aliphatic heterocycles. The summed E-state index contributed by atoms with van der Waals surface area (Å²) >= 11 is 0. The van der Waals surface area contributed by atoms with E-state index in [1.54, 1.807) is 0 Å². The highest BCUT2D eigenvalue weighted by Crippen LogP contribution is 2.28. The van der Waals surface area contributed by atoms with Crippen molar-refractivity contribution in [2.75, 3.05) is 19.3 Å². The van der Waals surface area contributed by atoms with Gasteiger partial charge in [0.2, 0.25) is 5.67 Å². The van der Waals surface area contributed by atoms with Crippen molar-refractivity contribution in [3.05, 3.63) is 33.9 Å². The molecule has 0 bridgehead atoms. The van der Waals surface area contributed by atoms with E-state index in [1.165, 1.54) is 0 Å². The predicted molar refractivity (Wildman–Crippen MR) is 78.2 cm³/mol. The molecule has 1 saturated heterocycles. The number of rotatable bonds is 4. The Kier molecular flexibility index (Phi) is 4.31. The fourth-order valence-electron chi connectivity index (χ4n) is 2.33. The molecule has 24 heavy (non-hydrogen) atoms. The molecule has 0 saturated carbocycles. The first-order valence-electron chi connectivity index (χ1n) is 6.65. The number of nitro benzene ring substituents is 1. The summed E-state index contributed by atoms with van der Waals surface area (Å²) in [7, 11) is -3.82. The van der Waals surface area contributed by atoms with Crippen molar-refractivity contribution in [2.24, 2.45) is 0 Å². The summed E-state index contributed by atoms with van der Waals surface area (Å²) in [5, 5.41) is 19.7. The van der Waals surface area contributed by atoms with E-state index < -0.39 is 55.9 Å². The van der Waals surface area contributed by atoms with Gasteiger partial charge in [0.05, 0.1) is 16.4 Å². The minimum Gasteiger partial charge on any atom is -0.479 e. The van der Waals surface area contributed by atoms with Crippen LogP contribution >= 0.6 is 0 Å². The monoisotopic (exact) mass is 360 g/mol. The third-order valence-corrected chi connectivity index (χ3v) is 4.76. The molecule has 0 aromatic heterocycles. The smallest absolute Gasteiger partial charge is 0.343 e. The molecule has 130 valence electrons. The van der Waals surface area contributed by atoms with Crippen LogP contribution < -0.4 is 0 Å². The summed E-state index contributed by atoms with van der Waals surface area (Å²) in [6, 6.07) is 2.63. The zero-order chi connectivity index (χ0) is 18.3. The number of hydrogen-bond acceptors (Lipinski definition) is 6. The molecule has 0 aliphatic carbocycles. The molecule has 2 rings (SSSR count). The van der Waals surface area contributed by atoms with E-state index in [0.717, 1.165) is 29.4 Å². The first-order valence-corrected chi connectivity index (χ1v) is 8.54. The van der Waals surface area contributed by atoms with Crippen molar-refractivity contribution < 1.29 is 32.4 Å². The van der Waals surface area contributed by atoms with Crippen molar-refractivity contribution in [2.45, 2.75) is 17.0 Å². The second-order valence-electron chi connectivity index (χ2n) is 5.49. The highest BCUT2D eigenvalue weighted by Gasteiger charge is 2.47. The van der Waals surface area contributed by atoms with Crippen LogP contribution in [-0.4, -0.2) is 60.2 Å². The first-order chi connectivity index (χ1) is 10.9. The average Bonchev–Trinajstić information content (AvgIpc) is 2.89. The van der Waals surface area contributed by atoms with E-state index in [1.807, 2.05) is 0 Å². The van der Waals surface area contributed by atoms with E-state index in [2.05, 4.69) is 0 Å². The van der Waals surface area contributed by atoms with Crippen LogP contribution in [0.4, 0.5) is 10.1 Å². The van der Waals surface area contributed by atoms with Crippen LogP contribution in [0.15, 0.2) is 23.1 Å². The Labute approximate surface area is 135 Å². The summed E-state index contributed by atoms with van der Waals surface area (Å²) in [5.74, 6) is -2.57. The lowest BCUT2D eigenvalue weighted by Gasteiger charge is -2.18. The molecule has 1 aromatic rings. The number of hydrogen-bond donors (Lipinski definition) is 1. The van der Waals surface area contributed by atoms with Crippen molar-refractivity contribution in [1.29, 1.82) is 0 Å². The van der Waals surface area contributed by atoms with Crippen LogP contribution in [0.1, 0.15) is 16.8 Å². The summed E-state index contributed by atoms with van der Waals surface area (Å²) in [6.45, 7) is -0.906. The maximum absolute atomic E-state index is 14.0. The van der Waals surface area contributed by atoms with Crippen molar-refractivity contribution >= 4 is 27.4 Å². The number of carbonyl (C=O) groups is 2. The van der Waals surface area contributed by atoms with Gasteiger partial charge in [-0.05, 0) is 6.07 Å². The van der Waals surface area contributed by atoms with Crippen LogP contribution in [0.25, 0.3) is 0 Å². The average molecular weight is 360 g/mol. The quantitative estimate of drug-likeness (QED) is 0.615. The second kappa shape index (κ2) is 5.82. The van der Waals surface area contributed by atoms with Crippen molar-refractivity contribution in [1.82, 2.24) is 4.90 Å². The molecule has 9 nitrogen and oxygen atoms in total. The molecular formula is C13H13FN2O7S. The number of non-ortho nitro benzene ring substituents is 1. The summed E-state index contributed by atoms with van der Waals surface area (Å²) in [6.07, 6.45) is 0.412. The molecule has 1 heterocycles. The molecule has 0 radical (unpaired) electrons. The highest BCUT2D eigenvalue weighted by molar-refractivity contribution is 7.90. The Balaban J connectivity index is 2.42. The Hall–Kier alpha value is -2.56. The maximum atomic E-state index is 14.0. The Bertz CT molecular complexity index is 839. The lowest BCUT2D eigenvalue weighted by atomic mass is 10.1. The number of aliphatic carboxylic acids is 1. The van der Waals surface area contributed by atoms with E-state index in [4.69, 9.17) is 5.11 Å². The molecule has 1 atom stereocenters. The number of halogens is 1. The van der Waals surface area contributed by atoms with Crippen LogP contribution in [0.2, 0.25) is 0 Å². The Morgan fingerprint density at radius 1 is 1.38 bits per heavy atom. The molecule has 0 spiro atoms. The van der Waals surface area contributed by atoms with Gasteiger partial charge in [-0.3, -0.25) is 14.9 Å². The van der Waals surface area contributed by atoms with Gasteiger partial charge in [0.1, 0.15) is 0 Å². The SMILES string of the molecule is CS(=O)(=O)c1cc(C(=O)N2CCC(F)(C(=O)O)C2)cc([N+](=O)[O-])c1. The van der Waals surface area contributed by atoms with Gasteiger partial charge in [-0.25, -0.2) is 17.6 Å². The zero-order valence-corrected chi connectivity index (χ0v) is 13.2. The predicted octanol–water partition coefficient (Wildman–Crippen LogP) is 0.637. The Morgan fingerprint density at radius 3 is 2.46 bits per heavy atom. The number of likely N-dealkylation sites (tertiary alicyclic amines) is 1. The molecule has 1 unspecified atom stereocenters. The lowest BCUT2D eigenvalue weighted by Crippen LogP contribution is -2.38. The van der Waals surface area contributed by atoms with Crippen LogP contribution in [0.3, 0.4) is 0 Å². The van der Waals surface area contributed by atoms with E-state index >= 15 is 0 Å². The van der Waals surface area contributed by atoms with Crippen LogP contribution in [0, 0.1) is 10.1 Å². The number of nitro groups is 1. The van der Waals surface area contributed by atoms with Crippen LogP contribution in [-0.2, 0) is 14.6 Å². The normalized spacial score (nSPS) is 20.8. The number of sulfone groups is 1. The number of carbonyl (C=O) groups excluding carboxylic acids is 1. The molecule has 1 N–H and O–H groups in total. The highest BCUT2D eigenvalue weighted by atomic mass is 32.2. The van der Waals surface area contributed by atoms with Gasteiger partial charge < -0.3 is 10.0 Å². The van der Waals surface area contributed by atoms with Crippen molar-refractivity contribution in [3.63, 3.8) is 0 Å². The van der Waals surface area contributed by atoms with Gasteiger partial charge in [-0.15, -0.1) is 0 Å². The van der Waals surface area contributed by atoms with Gasteiger partial charge in [-0.1, -0.05) is 0 Å². The fraction of sp³-hybridized carbons (Fsp3) is 0.385. The number of benzene rings is 1. The van der Waals surface area contributed by atoms with Gasteiger partial charge in [0, 0.05) is 36.9 Å². The minimum absolute atomic E-state index is 0.196. The van der Waals surface area contributed by atoms with E-state index in [-0.39, 0.29) is 12.1 Å². The van der Waals surface area contributed by atoms with Crippen molar-refractivity contribution in [3.8, 4) is 0 Å². The standard InChI is InChI=1S/C13H13FN2O7S/c1-24(22,23)10-5-8(4-9(6-10)16(20)21)11(17)15-3-2-13(14,7-15)12(18)19/h4-6H,2-3,7H2,1H3,(H,18,19). The number of alkyl halides is 1. The van der Waals surface area contributed by atoms with Gasteiger partial charge >= 0.3 is 5.97 Å². The molecule has 1 aromatic carbocycles. The first kappa shape index (κ1) is 17.8. The zero-order valence-electron chi connectivity index (χ0n) is 12.4. The van der Waals surface area contributed by atoms with Gasteiger partial charge in [0.25, 0.3) is 11.6 Å². The third-order valence-electron chi connectivity index (χ3n) is 3.67. The minimum atomic E-state index is -3.82. The summed E-state index contributed by atoms with van der Waals surface area (Å²) in [4.78, 5) is 33.8. The fourth-order valence-corrected chi connectivity index (χ4v) is 3.01. The number of nitrogens with zero attached hydrogens (tertiary/aromatic N) is 2. The summed E-state index contributed by atoms with van der Waals surface area (Å²) in [5.41, 5.74) is -3.51. The van der Waals surface area contributed by atoms with Gasteiger partial charge in [-0.2, -0.15) is 0 Å². The molecular weight excluding hydrogens is 347 g/mol. The largest absolute Gasteiger partial charge is 0.479 e. The summed E-state index contributed by atoms with van der Waals surface area (Å²) < 4.78 is 37.3. The molecule has 1 amide bonds. The second-order valence-corrected chi connectivity index (χ2v) is 7.51. The molecule has 11 heteroatoms. The van der Waals surface area contributed by atoms with E-state index in [0.29, 0.717) is 0 Å². The number of amides is 1. The third kappa shape index (κ3) is 3.35. The molecule has 1 fully saturated rings. The topological polar surface area (TPSA) is 135 Å². The number of carboxylic acid groups (broad SMARTS) is 1.